The molecule has 1 saturated carbocycles. The molecule has 178 valence electrons. The number of H-pyrrole nitrogens is 1. The SMILES string of the molecule is CNC(=O)c1[nH]cnc1C(N)=O.O=C1N(c2cc(F)c(F)cc2Cl)CCCC12CCCCC2. The number of nitrogens with two attached hydrogens (primary N) is 1. The number of halogens is 3. The first-order valence-corrected chi connectivity index (χ1v) is 11.1. The van der Waals surface area contributed by atoms with Gasteiger partial charge in [0.2, 0.25) is 5.91 Å². The summed E-state index contributed by atoms with van der Waals surface area (Å²) in [6.07, 6.45) is 8.08. The topological polar surface area (TPSA) is 121 Å². The lowest BCUT2D eigenvalue weighted by Crippen LogP contribution is -2.50. The number of aromatic nitrogens is 2. The predicted molar refractivity (Wildman–Crippen MR) is 119 cm³/mol. The summed E-state index contributed by atoms with van der Waals surface area (Å²) in [6, 6.07) is 1.99. The predicted octanol–water partition coefficient (Wildman–Crippen LogP) is 3.56. The number of aromatic amines is 1. The fraction of sp³-hybridized carbons (Fsp3) is 0.455. The Morgan fingerprint density at radius 1 is 1.15 bits per heavy atom. The minimum atomic E-state index is -0.986. The molecule has 0 atom stereocenters. The van der Waals surface area contributed by atoms with Crippen molar-refractivity contribution >= 4 is 35.0 Å². The van der Waals surface area contributed by atoms with Crippen LogP contribution in [0.2, 0.25) is 5.02 Å². The zero-order chi connectivity index (χ0) is 24.2. The second-order valence-corrected chi connectivity index (χ2v) is 8.60. The molecule has 4 rings (SSSR count). The number of primary amides is 1. The van der Waals surface area contributed by atoms with Crippen molar-refractivity contribution < 1.29 is 23.2 Å². The van der Waals surface area contributed by atoms with Crippen LogP contribution in [-0.2, 0) is 4.79 Å². The number of piperidine rings is 1. The second kappa shape index (κ2) is 10.3. The highest BCUT2D eigenvalue weighted by Crippen LogP contribution is 2.46. The van der Waals surface area contributed by atoms with Crippen LogP contribution in [0.1, 0.15) is 65.9 Å². The van der Waals surface area contributed by atoms with E-state index in [9.17, 15) is 23.2 Å². The Morgan fingerprint density at radius 2 is 1.79 bits per heavy atom. The molecule has 0 bridgehead atoms. The van der Waals surface area contributed by atoms with E-state index in [4.69, 9.17) is 17.3 Å². The third kappa shape index (κ3) is 5.16. The van der Waals surface area contributed by atoms with Crippen LogP contribution in [0.3, 0.4) is 0 Å². The number of rotatable bonds is 3. The Morgan fingerprint density at radius 3 is 2.42 bits per heavy atom. The maximum absolute atomic E-state index is 13.5. The van der Waals surface area contributed by atoms with Crippen molar-refractivity contribution in [3.8, 4) is 0 Å². The molecule has 8 nitrogen and oxygen atoms in total. The van der Waals surface area contributed by atoms with Crippen LogP contribution >= 0.6 is 11.6 Å². The quantitative estimate of drug-likeness (QED) is 0.580. The summed E-state index contributed by atoms with van der Waals surface area (Å²) in [4.78, 5) is 42.2. The van der Waals surface area contributed by atoms with Gasteiger partial charge in [0, 0.05) is 25.1 Å². The van der Waals surface area contributed by atoms with Crippen LogP contribution in [-0.4, -0.2) is 41.3 Å². The molecule has 1 spiro atoms. The Bertz CT molecular complexity index is 1050. The Kier molecular flexibility index (Phi) is 7.68. The van der Waals surface area contributed by atoms with Gasteiger partial charge < -0.3 is 20.9 Å². The first-order valence-electron chi connectivity index (χ1n) is 10.7. The summed E-state index contributed by atoms with van der Waals surface area (Å²) in [5.41, 5.74) is 4.97. The van der Waals surface area contributed by atoms with Crippen LogP contribution < -0.4 is 16.0 Å². The van der Waals surface area contributed by atoms with Crippen molar-refractivity contribution in [1.82, 2.24) is 15.3 Å². The second-order valence-electron chi connectivity index (χ2n) is 8.19. The van der Waals surface area contributed by atoms with E-state index in [2.05, 4.69) is 15.3 Å². The van der Waals surface area contributed by atoms with Gasteiger partial charge in [0.05, 0.1) is 17.0 Å². The van der Waals surface area contributed by atoms with Gasteiger partial charge in [-0.05, 0) is 31.7 Å². The maximum Gasteiger partial charge on any atom is 0.269 e. The zero-order valence-electron chi connectivity index (χ0n) is 18.2. The minimum Gasteiger partial charge on any atom is -0.364 e. The summed E-state index contributed by atoms with van der Waals surface area (Å²) in [6.45, 7) is 0.519. The van der Waals surface area contributed by atoms with Crippen LogP contribution in [0.25, 0.3) is 0 Å². The molecule has 2 aromatic rings. The molecule has 2 heterocycles. The van der Waals surface area contributed by atoms with Gasteiger partial charge in [0.25, 0.3) is 11.8 Å². The van der Waals surface area contributed by atoms with Crippen LogP contribution in [0.4, 0.5) is 14.5 Å². The minimum absolute atomic E-state index is 0.0290. The largest absolute Gasteiger partial charge is 0.364 e. The van der Waals surface area contributed by atoms with Gasteiger partial charge >= 0.3 is 0 Å². The van der Waals surface area contributed by atoms with E-state index in [1.165, 1.54) is 19.8 Å². The van der Waals surface area contributed by atoms with Crippen molar-refractivity contribution in [2.45, 2.75) is 44.9 Å². The first kappa shape index (κ1) is 24.6. The number of carbonyl (C=O) groups is 3. The van der Waals surface area contributed by atoms with Crippen LogP contribution in [0.15, 0.2) is 18.5 Å². The number of carbonyl (C=O) groups excluding carboxylic acids is 3. The number of hydrogen-bond donors (Lipinski definition) is 3. The molecule has 3 amide bonds. The lowest BCUT2D eigenvalue weighted by molar-refractivity contribution is -0.132. The number of amides is 3. The van der Waals surface area contributed by atoms with Gasteiger partial charge in [-0.15, -0.1) is 0 Å². The number of hydrogen-bond acceptors (Lipinski definition) is 4. The number of benzene rings is 1. The molecule has 2 fully saturated rings. The van der Waals surface area contributed by atoms with Gasteiger partial charge in [0.1, 0.15) is 5.69 Å². The molecule has 11 heteroatoms. The fourth-order valence-electron chi connectivity index (χ4n) is 4.49. The third-order valence-corrected chi connectivity index (χ3v) is 6.46. The number of imidazole rings is 1. The Labute approximate surface area is 194 Å². The van der Waals surface area contributed by atoms with E-state index in [0.717, 1.165) is 50.7 Å². The number of nitrogens with zero attached hydrogens (tertiary/aromatic N) is 2. The van der Waals surface area contributed by atoms with E-state index in [-0.39, 0.29) is 27.7 Å². The number of nitrogens with one attached hydrogen (secondary N) is 2. The Balaban J connectivity index is 0.000000218. The van der Waals surface area contributed by atoms with Crippen molar-refractivity contribution in [3.05, 3.63) is 46.5 Å². The van der Waals surface area contributed by atoms with Crippen molar-refractivity contribution in [2.75, 3.05) is 18.5 Å². The van der Waals surface area contributed by atoms with Gasteiger partial charge in [-0.3, -0.25) is 14.4 Å². The molecule has 1 aliphatic carbocycles. The van der Waals surface area contributed by atoms with E-state index in [0.29, 0.717) is 12.2 Å². The smallest absolute Gasteiger partial charge is 0.269 e. The highest BCUT2D eigenvalue weighted by Gasteiger charge is 2.45. The van der Waals surface area contributed by atoms with Crippen molar-refractivity contribution in [3.63, 3.8) is 0 Å². The first-order chi connectivity index (χ1) is 15.7. The summed E-state index contributed by atoms with van der Waals surface area (Å²) >= 11 is 6.03. The van der Waals surface area contributed by atoms with Crippen molar-refractivity contribution in [1.29, 1.82) is 0 Å². The van der Waals surface area contributed by atoms with Gasteiger partial charge in [-0.1, -0.05) is 30.9 Å². The molecule has 4 N–H and O–H groups in total. The lowest BCUT2D eigenvalue weighted by Gasteiger charge is -2.44. The molecule has 1 aromatic heterocycles. The average molecular weight is 482 g/mol. The lowest BCUT2D eigenvalue weighted by atomic mass is 9.68. The van der Waals surface area contributed by atoms with Crippen LogP contribution in [0, 0.1) is 17.0 Å². The highest BCUT2D eigenvalue weighted by molar-refractivity contribution is 6.33. The molecule has 0 unspecified atom stereocenters. The van der Waals surface area contributed by atoms with E-state index in [1.807, 2.05) is 0 Å². The number of anilines is 1. The molecular weight excluding hydrogens is 456 g/mol. The molecular formula is C22H26ClF2N5O3. The monoisotopic (exact) mass is 481 g/mol. The molecule has 0 radical (unpaired) electrons. The van der Waals surface area contributed by atoms with E-state index >= 15 is 0 Å². The zero-order valence-corrected chi connectivity index (χ0v) is 19.0. The molecule has 1 aromatic carbocycles. The summed E-state index contributed by atoms with van der Waals surface area (Å²) in [5.74, 6) is -3.07. The van der Waals surface area contributed by atoms with Gasteiger partial charge in [-0.2, -0.15) is 0 Å². The highest BCUT2D eigenvalue weighted by atomic mass is 35.5. The average Bonchev–Trinajstić information content (AvgIpc) is 3.30. The summed E-state index contributed by atoms with van der Waals surface area (Å²) < 4.78 is 26.7. The third-order valence-electron chi connectivity index (χ3n) is 6.15. The van der Waals surface area contributed by atoms with E-state index < -0.39 is 23.4 Å². The standard InChI is InChI=1S/C16H18ClF2NO.C6H8N4O2/c17-11-9-12(18)13(19)10-14(11)20-8-4-7-16(15(20)21)5-2-1-3-6-16;1-8-6(12)4-3(5(7)11)9-2-10-4/h9-10H,1-8H2;2H,1H3,(H2,7,11)(H,8,12)(H,9,10). The summed E-state index contributed by atoms with van der Waals surface area (Å²) in [7, 11) is 1.45. The molecule has 1 aliphatic heterocycles. The van der Waals surface area contributed by atoms with Crippen LogP contribution in [0.5, 0.6) is 0 Å². The molecule has 2 aliphatic rings. The molecule has 1 saturated heterocycles. The normalized spacial score (nSPS) is 17.3. The van der Waals surface area contributed by atoms with Gasteiger partial charge in [-0.25, -0.2) is 13.8 Å². The van der Waals surface area contributed by atoms with Gasteiger partial charge in [0.15, 0.2) is 17.3 Å². The maximum atomic E-state index is 13.5. The van der Waals surface area contributed by atoms with E-state index in [1.54, 1.807) is 4.90 Å². The molecule has 33 heavy (non-hydrogen) atoms. The fourth-order valence-corrected chi connectivity index (χ4v) is 4.74. The van der Waals surface area contributed by atoms with Crippen molar-refractivity contribution in [2.24, 2.45) is 11.1 Å². The summed E-state index contributed by atoms with van der Waals surface area (Å²) in [5, 5.41) is 2.44. The Hall–Kier alpha value is -3.01.